The molecule has 0 saturated heterocycles. The van der Waals surface area contributed by atoms with Crippen LogP contribution < -0.4 is 0 Å². The number of rotatable bonds is 1. The van der Waals surface area contributed by atoms with Gasteiger partial charge in [-0.2, -0.15) is 0 Å². The molecule has 0 N–H and O–H groups in total. The molecule has 0 amide bonds. The molecule has 0 aromatic heterocycles. The van der Waals surface area contributed by atoms with E-state index in [4.69, 9.17) is 0 Å². The van der Waals surface area contributed by atoms with Crippen LogP contribution in [0, 0.1) is 0 Å². The van der Waals surface area contributed by atoms with Crippen LogP contribution in [-0.2, 0) is 0 Å². The van der Waals surface area contributed by atoms with Crippen LogP contribution in [0.3, 0.4) is 0 Å². The smallest absolute Gasteiger partial charge is 0.266 e. The Bertz CT molecular complexity index is 54.3. The van der Waals surface area contributed by atoms with E-state index in [-0.39, 0.29) is 0 Å². The number of hydrogen-bond donors (Lipinski definition) is 0. The molecule has 0 aliphatic heterocycles. The maximum Gasteiger partial charge on any atom is 0.445 e. The molecular weight excluding hydrogens is 102 g/mol. The van der Waals surface area contributed by atoms with E-state index in [1.165, 1.54) is 0 Å². The highest BCUT2D eigenvalue weighted by Gasteiger charge is 2.20. The van der Waals surface area contributed by atoms with Gasteiger partial charge in [-0.3, -0.25) is 8.22 Å². The molecular formula is C3H6F2Si. The molecule has 0 aromatic carbocycles. The van der Waals surface area contributed by atoms with Crippen molar-refractivity contribution < 1.29 is 8.22 Å². The molecule has 0 radical (unpaired) electrons. The van der Waals surface area contributed by atoms with Gasteiger partial charge in [0.1, 0.15) is 0 Å². The highest BCUT2D eigenvalue weighted by molar-refractivity contribution is 6.69. The van der Waals surface area contributed by atoms with Gasteiger partial charge in [0.2, 0.25) is 0 Å². The summed E-state index contributed by atoms with van der Waals surface area (Å²) in [6.07, 6.45) is 0. The topological polar surface area (TPSA) is 0 Å². The van der Waals surface area contributed by atoms with Crippen molar-refractivity contribution in [3.05, 3.63) is 12.3 Å². The SMILES string of the molecule is C=C[Si](C)(F)F. The lowest BCUT2D eigenvalue weighted by atomic mass is 11.3. The maximum atomic E-state index is 11.5. The lowest BCUT2D eigenvalue weighted by Crippen LogP contribution is -2.10. The molecule has 0 bridgehead atoms. The van der Waals surface area contributed by atoms with Crippen LogP contribution >= 0.6 is 0 Å². The van der Waals surface area contributed by atoms with E-state index in [1.54, 1.807) is 0 Å². The van der Waals surface area contributed by atoms with Crippen molar-refractivity contribution >= 4 is 8.74 Å². The van der Waals surface area contributed by atoms with Crippen molar-refractivity contribution in [2.45, 2.75) is 6.55 Å². The van der Waals surface area contributed by atoms with Gasteiger partial charge in [0.05, 0.1) is 0 Å². The zero-order chi connectivity index (χ0) is 5.21. The molecule has 36 valence electrons. The average Bonchev–Trinajstić information content (AvgIpc) is 1.35. The Hall–Kier alpha value is -0.183. The number of halogens is 2. The van der Waals surface area contributed by atoms with Crippen LogP contribution in [0.2, 0.25) is 6.55 Å². The van der Waals surface area contributed by atoms with Crippen molar-refractivity contribution in [1.29, 1.82) is 0 Å². The van der Waals surface area contributed by atoms with E-state index in [0.717, 1.165) is 12.2 Å². The molecule has 0 spiro atoms. The summed E-state index contributed by atoms with van der Waals surface area (Å²) in [6, 6.07) is 0. The van der Waals surface area contributed by atoms with Crippen LogP contribution in [0.5, 0.6) is 0 Å². The first-order chi connectivity index (χ1) is 2.56. The third-order valence-electron chi connectivity index (χ3n) is 0.358. The molecule has 3 heteroatoms. The van der Waals surface area contributed by atoms with Gasteiger partial charge in [0.15, 0.2) is 0 Å². The molecule has 0 fully saturated rings. The van der Waals surface area contributed by atoms with Gasteiger partial charge in [-0.25, -0.2) is 0 Å². The Morgan fingerprint density at radius 1 is 1.67 bits per heavy atom. The normalized spacial score (nSPS) is 11.2. The monoisotopic (exact) mass is 108 g/mol. The maximum absolute atomic E-state index is 11.5. The minimum atomic E-state index is -3.87. The molecule has 0 unspecified atom stereocenters. The second-order valence-corrected chi connectivity index (χ2v) is 3.48. The molecule has 6 heavy (non-hydrogen) atoms. The predicted octanol–water partition coefficient (Wildman–Crippen LogP) is 1.72. The molecule has 0 aliphatic rings. The second-order valence-electron chi connectivity index (χ2n) is 1.16. The fourth-order valence-corrected chi connectivity index (χ4v) is 0. The van der Waals surface area contributed by atoms with Crippen molar-refractivity contribution in [3.8, 4) is 0 Å². The largest absolute Gasteiger partial charge is 0.445 e. The van der Waals surface area contributed by atoms with Crippen LogP contribution in [0.4, 0.5) is 8.22 Å². The van der Waals surface area contributed by atoms with Crippen molar-refractivity contribution in [3.63, 3.8) is 0 Å². The first-order valence-corrected chi connectivity index (χ1v) is 3.91. The first kappa shape index (κ1) is 5.82. The Labute approximate surface area is 36.8 Å². The summed E-state index contributed by atoms with van der Waals surface area (Å²) in [5.41, 5.74) is 0.743. The Kier molecular flexibility index (Phi) is 1.46. The lowest BCUT2D eigenvalue weighted by Gasteiger charge is -1.92. The Morgan fingerprint density at radius 3 is 1.83 bits per heavy atom. The summed E-state index contributed by atoms with van der Waals surface area (Å²) in [4.78, 5) is 0. The van der Waals surface area contributed by atoms with E-state index in [2.05, 4.69) is 6.58 Å². The van der Waals surface area contributed by atoms with Crippen molar-refractivity contribution in [1.82, 2.24) is 0 Å². The van der Waals surface area contributed by atoms with E-state index in [1.807, 2.05) is 0 Å². The van der Waals surface area contributed by atoms with E-state index in [9.17, 15) is 8.22 Å². The zero-order valence-electron chi connectivity index (χ0n) is 3.54. The molecule has 0 aromatic rings. The highest BCUT2D eigenvalue weighted by atomic mass is 28.4. The van der Waals surface area contributed by atoms with Crippen molar-refractivity contribution in [2.75, 3.05) is 0 Å². The van der Waals surface area contributed by atoms with Gasteiger partial charge in [0.25, 0.3) is 0 Å². The van der Waals surface area contributed by atoms with Gasteiger partial charge in [-0.15, -0.1) is 6.58 Å². The third-order valence-corrected chi connectivity index (χ3v) is 1.08. The van der Waals surface area contributed by atoms with Gasteiger partial charge in [-0.1, -0.05) is 0 Å². The molecule has 0 aliphatic carbocycles. The van der Waals surface area contributed by atoms with Gasteiger partial charge >= 0.3 is 8.74 Å². The molecule has 0 heterocycles. The molecule has 0 rings (SSSR count). The van der Waals surface area contributed by atoms with E-state index in [0.29, 0.717) is 0 Å². The lowest BCUT2D eigenvalue weighted by molar-refractivity contribution is 0.640. The van der Waals surface area contributed by atoms with Crippen LogP contribution in [0.15, 0.2) is 12.3 Å². The van der Waals surface area contributed by atoms with E-state index < -0.39 is 8.74 Å². The van der Waals surface area contributed by atoms with Gasteiger partial charge < -0.3 is 0 Å². The summed E-state index contributed by atoms with van der Waals surface area (Å²) >= 11 is 0. The fraction of sp³-hybridized carbons (Fsp3) is 0.333. The highest BCUT2D eigenvalue weighted by Crippen LogP contribution is 2.03. The van der Waals surface area contributed by atoms with E-state index >= 15 is 0 Å². The van der Waals surface area contributed by atoms with Crippen LogP contribution in [0.25, 0.3) is 0 Å². The molecule has 0 nitrogen and oxygen atoms in total. The van der Waals surface area contributed by atoms with Crippen molar-refractivity contribution in [2.24, 2.45) is 0 Å². The Balaban J connectivity index is 3.45. The van der Waals surface area contributed by atoms with Crippen LogP contribution in [-0.4, -0.2) is 8.74 Å². The zero-order valence-corrected chi connectivity index (χ0v) is 4.54. The third kappa shape index (κ3) is 3.82. The summed E-state index contributed by atoms with van der Waals surface area (Å²) in [5, 5.41) is 0. The van der Waals surface area contributed by atoms with Gasteiger partial charge in [0, 0.05) is 0 Å². The summed E-state index contributed by atoms with van der Waals surface area (Å²) < 4.78 is 22.9. The van der Waals surface area contributed by atoms with Crippen LogP contribution in [0.1, 0.15) is 0 Å². The molecule has 0 saturated carbocycles. The standard InChI is InChI=1S/C3H6F2Si/c1-3-6(2,4)5/h3H,1H2,2H3. The quantitative estimate of drug-likeness (QED) is 0.354. The Morgan fingerprint density at radius 2 is 1.83 bits per heavy atom. The molecule has 0 atom stereocenters. The fourth-order valence-electron chi connectivity index (χ4n) is 0. The first-order valence-electron chi connectivity index (χ1n) is 1.57. The predicted molar refractivity (Wildman–Crippen MR) is 24.0 cm³/mol. The minimum absolute atomic E-state index is 0.743. The minimum Gasteiger partial charge on any atom is -0.266 e. The van der Waals surface area contributed by atoms with Gasteiger partial charge in [-0.05, 0) is 12.2 Å². The summed E-state index contributed by atoms with van der Waals surface area (Å²) in [6.45, 7) is 3.87. The average molecular weight is 108 g/mol. The second kappa shape index (κ2) is 1.51. The number of hydrogen-bond acceptors (Lipinski definition) is 0. The summed E-state index contributed by atoms with van der Waals surface area (Å²) in [5.74, 6) is 0. The summed E-state index contributed by atoms with van der Waals surface area (Å²) in [7, 11) is -3.87.